The van der Waals surface area contributed by atoms with E-state index in [0.717, 1.165) is 38.5 Å². The van der Waals surface area contributed by atoms with Crippen LogP contribution in [0.3, 0.4) is 0 Å². The molecule has 6 nitrogen and oxygen atoms in total. The number of rotatable bonds is 7. The van der Waals surface area contributed by atoms with E-state index in [0.29, 0.717) is 32.1 Å². The Kier molecular flexibility index (Phi) is 6.02. The fourth-order valence-electron chi connectivity index (χ4n) is 6.03. The van der Waals surface area contributed by atoms with Crippen LogP contribution in [0.4, 0.5) is 13.6 Å². The summed E-state index contributed by atoms with van der Waals surface area (Å²) >= 11 is 0. The molecule has 1 unspecified atom stereocenters. The van der Waals surface area contributed by atoms with E-state index in [1.54, 1.807) is 4.90 Å². The number of carbonyl (C=O) groups is 1. The van der Waals surface area contributed by atoms with E-state index in [1.807, 2.05) is 4.90 Å². The molecular formula is C25H38F2N2O4. The van der Waals surface area contributed by atoms with E-state index in [-0.39, 0.29) is 48.6 Å². The molecule has 5 rings (SSSR count). The van der Waals surface area contributed by atoms with Gasteiger partial charge in [-0.3, -0.25) is 4.90 Å². The average molecular weight is 469 g/mol. The molecule has 4 aliphatic heterocycles. The smallest absolute Gasteiger partial charge is 0.410 e. The van der Waals surface area contributed by atoms with Crippen LogP contribution in [0.1, 0.15) is 65.7 Å². The lowest BCUT2D eigenvalue weighted by atomic mass is 9.80. The van der Waals surface area contributed by atoms with E-state index in [9.17, 15) is 13.6 Å². The van der Waals surface area contributed by atoms with Crippen LogP contribution in [0, 0.1) is 5.92 Å². The third kappa shape index (κ3) is 4.94. The SMILES string of the molecule is CC(C)=CC[C@H]1O[C@@]1(C)C1OC12CCC(OC(=O)N1CC(CCN3CCC(F)(F)C3)C1)CC2. The number of likely N-dealkylation sites (tertiary alicyclic amines) is 2. The van der Waals surface area contributed by atoms with E-state index < -0.39 is 5.92 Å². The van der Waals surface area contributed by atoms with Crippen molar-refractivity contribution >= 4 is 6.09 Å². The third-order valence-electron chi connectivity index (χ3n) is 8.38. The predicted molar refractivity (Wildman–Crippen MR) is 119 cm³/mol. The Hall–Kier alpha value is -1.25. The minimum atomic E-state index is -2.53. The van der Waals surface area contributed by atoms with Gasteiger partial charge in [0.1, 0.15) is 17.8 Å². The van der Waals surface area contributed by atoms with Gasteiger partial charge in [-0.15, -0.1) is 0 Å². The van der Waals surface area contributed by atoms with Crippen molar-refractivity contribution in [1.29, 1.82) is 0 Å². The normalized spacial score (nSPS) is 39.9. The zero-order valence-electron chi connectivity index (χ0n) is 20.2. The van der Waals surface area contributed by atoms with Crippen molar-refractivity contribution in [3.63, 3.8) is 0 Å². The van der Waals surface area contributed by atoms with Crippen molar-refractivity contribution in [2.24, 2.45) is 5.92 Å². The fourth-order valence-corrected chi connectivity index (χ4v) is 6.03. The Labute approximate surface area is 195 Å². The lowest BCUT2D eigenvalue weighted by molar-refractivity contribution is 0.00184. The van der Waals surface area contributed by atoms with E-state index in [1.165, 1.54) is 5.57 Å². The second-order valence-electron chi connectivity index (χ2n) is 11.4. The van der Waals surface area contributed by atoms with Gasteiger partial charge in [0.15, 0.2) is 0 Å². The molecule has 0 N–H and O–H groups in total. The molecule has 0 aromatic rings. The Bertz CT molecular complexity index is 787. The van der Waals surface area contributed by atoms with Gasteiger partial charge in [0.25, 0.3) is 5.92 Å². The van der Waals surface area contributed by atoms with Crippen molar-refractivity contribution in [1.82, 2.24) is 9.80 Å². The molecule has 1 saturated carbocycles. The van der Waals surface area contributed by atoms with Crippen molar-refractivity contribution in [2.75, 3.05) is 32.7 Å². The molecule has 1 spiro atoms. The quantitative estimate of drug-likeness (QED) is 0.410. The summed E-state index contributed by atoms with van der Waals surface area (Å²) in [4.78, 5) is 16.1. The van der Waals surface area contributed by atoms with E-state index in [2.05, 4.69) is 26.8 Å². The number of hydrogen-bond acceptors (Lipinski definition) is 5. The van der Waals surface area contributed by atoms with Crippen LogP contribution in [0.15, 0.2) is 11.6 Å². The maximum absolute atomic E-state index is 13.3. The highest BCUT2D eigenvalue weighted by Gasteiger charge is 2.73. The maximum Gasteiger partial charge on any atom is 0.410 e. The molecule has 0 aromatic carbocycles. The number of alkyl halides is 2. The number of halogens is 2. The molecule has 4 heterocycles. The van der Waals surface area contributed by atoms with Crippen LogP contribution in [0.2, 0.25) is 0 Å². The van der Waals surface area contributed by atoms with Crippen molar-refractivity contribution < 1.29 is 27.8 Å². The summed E-state index contributed by atoms with van der Waals surface area (Å²) in [5.41, 5.74) is 1.05. The minimum Gasteiger partial charge on any atom is -0.446 e. The summed E-state index contributed by atoms with van der Waals surface area (Å²) in [7, 11) is 0. The molecule has 0 aromatic heterocycles. The maximum atomic E-state index is 13.3. The van der Waals surface area contributed by atoms with Crippen LogP contribution in [-0.2, 0) is 14.2 Å². The average Bonchev–Trinajstić information content (AvgIpc) is 3.56. The minimum absolute atomic E-state index is 0.0344. The zero-order valence-corrected chi connectivity index (χ0v) is 20.2. The lowest BCUT2D eigenvalue weighted by Crippen LogP contribution is -2.51. The van der Waals surface area contributed by atoms with Crippen LogP contribution in [0.5, 0.6) is 0 Å². The first kappa shape index (κ1) is 23.5. The monoisotopic (exact) mass is 468 g/mol. The Morgan fingerprint density at radius 2 is 1.88 bits per heavy atom. The van der Waals surface area contributed by atoms with Gasteiger partial charge < -0.3 is 19.1 Å². The largest absolute Gasteiger partial charge is 0.446 e. The van der Waals surface area contributed by atoms with Gasteiger partial charge in [0.2, 0.25) is 0 Å². The second-order valence-corrected chi connectivity index (χ2v) is 11.4. The summed E-state index contributed by atoms with van der Waals surface area (Å²) in [6.45, 7) is 8.76. The van der Waals surface area contributed by atoms with Gasteiger partial charge in [-0.05, 0) is 71.8 Å². The molecule has 5 aliphatic rings. The van der Waals surface area contributed by atoms with Crippen molar-refractivity contribution in [2.45, 2.75) is 101 Å². The van der Waals surface area contributed by atoms with Crippen molar-refractivity contribution in [3.05, 3.63) is 11.6 Å². The van der Waals surface area contributed by atoms with Crippen molar-refractivity contribution in [3.8, 4) is 0 Å². The number of nitrogens with zero attached hydrogens (tertiary/aromatic N) is 2. The van der Waals surface area contributed by atoms with Gasteiger partial charge in [0.05, 0.1) is 18.2 Å². The number of ether oxygens (including phenoxy) is 3. The summed E-state index contributed by atoms with van der Waals surface area (Å²) in [5.74, 6) is -2.14. The van der Waals surface area contributed by atoms with Gasteiger partial charge in [-0.2, -0.15) is 0 Å². The number of hydrogen-bond donors (Lipinski definition) is 0. The summed E-state index contributed by atoms with van der Waals surface area (Å²) in [6.07, 6.45) is 7.60. The van der Waals surface area contributed by atoms with E-state index in [4.69, 9.17) is 14.2 Å². The molecule has 5 fully saturated rings. The fraction of sp³-hybridized carbons (Fsp3) is 0.880. The molecular weight excluding hydrogens is 430 g/mol. The van der Waals surface area contributed by atoms with Crippen LogP contribution in [0.25, 0.3) is 0 Å². The molecule has 0 bridgehead atoms. The number of amides is 1. The Morgan fingerprint density at radius 1 is 1.15 bits per heavy atom. The highest BCUT2D eigenvalue weighted by Crippen LogP contribution is 2.60. The van der Waals surface area contributed by atoms with Crippen LogP contribution >= 0.6 is 0 Å². The predicted octanol–water partition coefficient (Wildman–Crippen LogP) is 4.38. The van der Waals surface area contributed by atoms with Gasteiger partial charge >= 0.3 is 6.09 Å². The second kappa shape index (κ2) is 8.45. The topological polar surface area (TPSA) is 57.8 Å². The highest BCUT2D eigenvalue weighted by atomic mass is 19.3. The van der Waals surface area contributed by atoms with Crippen LogP contribution < -0.4 is 0 Å². The molecule has 186 valence electrons. The molecule has 1 aliphatic carbocycles. The van der Waals surface area contributed by atoms with Gasteiger partial charge in [-0.25, -0.2) is 13.6 Å². The molecule has 33 heavy (non-hydrogen) atoms. The molecule has 1 amide bonds. The van der Waals surface area contributed by atoms with Crippen LogP contribution in [-0.4, -0.2) is 84.1 Å². The Morgan fingerprint density at radius 3 is 2.52 bits per heavy atom. The summed E-state index contributed by atoms with van der Waals surface area (Å²) in [5, 5.41) is 0. The highest BCUT2D eigenvalue weighted by molar-refractivity contribution is 5.68. The molecule has 4 saturated heterocycles. The first-order chi connectivity index (χ1) is 15.6. The lowest BCUT2D eigenvalue weighted by Gasteiger charge is -2.40. The molecule has 8 heteroatoms. The standard InChI is InChI=1S/C25H38F2N2O4/c1-17(2)4-5-20-23(3,32-20)21-24(33-21)9-6-19(7-10-24)31-22(30)29-14-18(15-29)8-12-28-13-11-25(26,27)16-28/h4,18-21H,5-16H2,1-3H3/t19?,20-,21?,23-,24?/m1/s1. The van der Waals surface area contributed by atoms with Gasteiger partial charge in [-0.1, -0.05) is 11.6 Å². The molecule has 0 radical (unpaired) electrons. The first-order valence-electron chi connectivity index (χ1n) is 12.6. The molecule has 3 atom stereocenters. The number of allylic oxidation sites excluding steroid dienone is 1. The number of carbonyl (C=O) groups excluding carboxylic acids is 1. The third-order valence-corrected chi connectivity index (χ3v) is 8.38. The summed E-state index contributed by atoms with van der Waals surface area (Å²) in [6, 6.07) is 0. The summed E-state index contributed by atoms with van der Waals surface area (Å²) < 4.78 is 44.6. The zero-order chi connectivity index (χ0) is 23.4. The first-order valence-corrected chi connectivity index (χ1v) is 12.6. The van der Waals surface area contributed by atoms with E-state index >= 15 is 0 Å². The number of epoxide rings is 2. The Balaban J connectivity index is 0.981. The van der Waals surface area contributed by atoms with Gasteiger partial charge in [0, 0.05) is 26.1 Å².